The molecule has 0 fully saturated rings. The summed E-state index contributed by atoms with van der Waals surface area (Å²) in [5.41, 5.74) is 0.681. The highest BCUT2D eigenvalue weighted by Gasteiger charge is 2.14. The van der Waals surface area contributed by atoms with Crippen molar-refractivity contribution in [3.8, 4) is 0 Å². The van der Waals surface area contributed by atoms with Crippen LogP contribution in [0.3, 0.4) is 0 Å². The molecule has 4 nitrogen and oxygen atoms in total. The van der Waals surface area contributed by atoms with Crippen molar-refractivity contribution in [2.45, 2.75) is 25.9 Å². The van der Waals surface area contributed by atoms with Gasteiger partial charge in [0.25, 0.3) is 0 Å². The van der Waals surface area contributed by atoms with E-state index in [-0.39, 0.29) is 12.1 Å². The van der Waals surface area contributed by atoms with Crippen LogP contribution in [0.4, 0.5) is 8.78 Å². The van der Waals surface area contributed by atoms with Gasteiger partial charge >= 0.3 is 0 Å². The van der Waals surface area contributed by atoms with Gasteiger partial charge in [0.05, 0.1) is 6.04 Å². The number of aromatic nitrogens is 3. The number of aromatic amines is 1. The van der Waals surface area contributed by atoms with Crippen LogP contribution >= 0.6 is 0 Å². The second-order valence-corrected chi connectivity index (χ2v) is 4.15. The normalized spacial score (nSPS) is 14.4. The Kier molecular flexibility index (Phi) is 3.66. The fourth-order valence-electron chi connectivity index (χ4n) is 1.76. The standard InChI is InChI=1S/C12H14F2N4/c1-7(9-3-4-10(13)11(14)5-9)17-8(2)12-15-6-16-18-12/h3-8,17H,1-2H3,(H,15,16,18). The van der Waals surface area contributed by atoms with Crippen LogP contribution in [-0.4, -0.2) is 15.2 Å². The monoisotopic (exact) mass is 252 g/mol. The van der Waals surface area contributed by atoms with E-state index >= 15 is 0 Å². The summed E-state index contributed by atoms with van der Waals surface area (Å²) in [4.78, 5) is 4.03. The van der Waals surface area contributed by atoms with Gasteiger partial charge in [-0.1, -0.05) is 6.07 Å². The van der Waals surface area contributed by atoms with Crippen LogP contribution in [0, 0.1) is 11.6 Å². The Hall–Kier alpha value is -1.82. The van der Waals surface area contributed by atoms with Crippen molar-refractivity contribution in [2.24, 2.45) is 0 Å². The predicted octanol–water partition coefficient (Wildman–Crippen LogP) is 2.49. The number of H-pyrrole nitrogens is 1. The van der Waals surface area contributed by atoms with Gasteiger partial charge in [-0.05, 0) is 31.5 Å². The molecular formula is C12H14F2N4. The molecule has 6 heteroatoms. The number of halogens is 2. The molecule has 18 heavy (non-hydrogen) atoms. The number of nitrogens with zero attached hydrogens (tertiary/aromatic N) is 2. The van der Waals surface area contributed by atoms with Gasteiger partial charge < -0.3 is 5.32 Å². The summed E-state index contributed by atoms with van der Waals surface area (Å²) in [6.07, 6.45) is 1.43. The Bertz CT molecular complexity index is 513. The molecule has 0 saturated carbocycles. The highest BCUT2D eigenvalue weighted by atomic mass is 19.2. The van der Waals surface area contributed by atoms with Crippen LogP contribution in [-0.2, 0) is 0 Å². The number of rotatable bonds is 4. The molecule has 2 rings (SSSR count). The highest BCUT2D eigenvalue weighted by Crippen LogP contribution is 2.19. The Morgan fingerprint density at radius 2 is 1.94 bits per heavy atom. The molecule has 1 heterocycles. The Balaban J connectivity index is 2.07. The lowest BCUT2D eigenvalue weighted by atomic mass is 10.1. The molecular weight excluding hydrogens is 238 g/mol. The van der Waals surface area contributed by atoms with E-state index in [1.54, 1.807) is 6.07 Å². The third kappa shape index (κ3) is 2.70. The van der Waals surface area contributed by atoms with Gasteiger partial charge in [-0.15, -0.1) is 0 Å². The van der Waals surface area contributed by atoms with Crippen LogP contribution in [0.25, 0.3) is 0 Å². The van der Waals surface area contributed by atoms with Gasteiger partial charge in [0.15, 0.2) is 11.6 Å². The second kappa shape index (κ2) is 5.22. The summed E-state index contributed by atoms with van der Waals surface area (Å²) < 4.78 is 25.9. The van der Waals surface area contributed by atoms with Crippen LogP contribution in [0.5, 0.6) is 0 Å². The van der Waals surface area contributed by atoms with Crippen molar-refractivity contribution in [1.82, 2.24) is 20.5 Å². The quantitative estimate of drug-likeness (QED) is 0.879. The van der Waals surface area contributed by atoms with E-state index in [2.05, 4.69) is 20.5 Å². The topological polar surface area (TPSA) is 53.6 Å². The first-order chi connectivity index (χ1) is 8.58. The first-order valence-corrected chi connectivity index (χ1v) is 5.64. The van der Waals surface area contributed by atoms with E-state index in [1.165, 1.54) is 12.4 Å². The van der Waals surface area contributed by atoms with Crippen LogP contribution in [0.15, 0.2) is 24.5 Å². The molecule has 0 spiro atoms. The zero-order valence-electron chi connectivity index (χ0n) is 10.1. The maximum absolute atomic E-state index is 13.1. The molecule has 2 unspecified atom stereocenters. The van der Waals surface area contributed by atoms with Gasteiger partial charge in [-0.25, -0.2) is 13.8 Å². The number of benzene rings is 1. The highest BCUT2D eigenvalue weighted by molar-refractivity contribution is 5.21. The van der Waals surface area contributed by atoms with Crippen LogP contribution in [0.2, 0.25) is 0 Å². The van der Waals surface area contributed by atoms with Crippen molar-refractivity contribution >= 4 is 0 Å². The van der Waals surface area contributed by atoms with Crippen LogP contribution < -0.4 is 5.32 Å². The lowest BCUT2D eigenvalue weighted by Crippen LogP contribution is -2.23. The second-order valence-electron chi connectivity index (χ2n) is 4.15. The number of nitrogens with one attached hydrogen (secondary N) is 2. The largest absolute Gasteiger partial charge is 0.301 e. The molecule has 0 saturated heterocycles. The molecule has 1 aromatic carbocycles. The van der Waals surface area contributed by atoms with E-state index in [1.807, 2.05) is 13.8 Å². The summed E-state index contributed by atoms with van der Waals surface area (Å²) in [6.45, 7) is 3.79. The summed E-state index contributed by atoms with van der Waals surface area (Å²) in [7, 11) is 0. The third-order valence-electron chi connectivity index (χ3n) is 2.79. The zero-order valence-corrected chi connectivity index (χ0v) is 10.1. The number of hydrogen-bond donors (Lipinski definition) is 2. The van der Waals surface area contributed by atoms with E-state index in [4.69, 9.17) is 0 Å². The van der Waals surface area contributed by atoms with Crippen molar-refractivity contribution < 1.29 is 8.78 Å². The fourth-order valence-corrected chi connectivity index (χ4v) is 1.76. The van der Waals surface area contributed by atoms with Gasteiger partial charge in [0.2, 0.25) is 0 Å². The molecule has 0 bridgehead atoms. The predicted molar refractivity (Wildman–Crippen MR) is 62.7 cm³/mol. The SMILES string of the molecule is CC(NC(C)c1ncn[nH]1)c1ccc(F)c(F)c1. The van der Waals surface area contributed by atoms with Crippen molar-refractivity contribution in [1.29, 1.82) is 0 Å². The minimum absolute atomic E-state index is 0.0596. The smallest absolute Gasteiger partial charge is 0.159 e. The first-order valence-electron chi connectivity index (χ1n) is 5.64. The van der Waals surface area contributed by atoms with Gasteiger partial charge in [0, 0.05) is 6.04 Å². The molecule has 0 amide bonds. The maximum Gasteiger partial charge on any atom is 0.159 e. The summed E-state index contributed by atoms with van der Waals surface area (Å²) in [6, 6.07) is 3.70. The summed E-state index contributed by atoms with van der Waals surface area (Å²) in [5.74, 6) is -0.980. The Morgan fingerprint density at radius 1 is 1.17 bits per heavy atom. The summed E-state index contributed by atoms with van der Waals surface area (Å²) in [5, 5.41) is 9.74. The summed E-state index contributed by atoms with van der Waals surface area (Å²) >= 11 is 0. The molecule has 2 N–H and O–H groups in total. The first kappa shape index (κ1) is 12.6. The van der Waals surface area contributed by atoms with E-state index < -0.39 is 11.6 Å². The van der Waals surface area contributed by atoms with Gasteiger partial charge in [-0.2, -0.15) is 5.10 Å². The Labute approximate surface area is 103 Å². The minimum atomic E-state index is -0.839. The third-order valence-corrected chi connectivity index (χ3v) is 2.79. The van der Waals surface area contributed by atoms with Gasteiger partial charge in [-0.3, -0.25) is 5.10 Å². The zero-order chi connectivity index (χ0) is 13.1. The van der Waals surface area contributed by atoms with Gasteiger partial charge in [0.1, 0.15) is 12.2 Å². The van der Waals surface area contributed by atoms with Crippen LogP contribution in [0.1, 0.15) is 37.3 Å². The minimum Gasteiger partial charge on any atom is -0.301 e. The molecule has 2 aromatic rings. The molecule has 96 valence electrons. The lowest BCUT2D eigenvalue weighted by molar-refractivity contribution is 0.468. The van der Waals surface area contributed by atoms with Crippen molar-refractivity contribution in [2.75, 3.05) is 0 Å². The van der Waals surface area contributed by atoms with E-state index in [0.717, 1.165) is 6.07 Å². The molecule has 0 aliphatic carbocycles. The van der Waals surface area contributed by atoms with E-state index in [0.29, 0.717) is 11.4 Å². The number of hydrogen-bond acceptors (Lipinski definition) is 3. The average molecular weight is 252 g/mol. The molecule has 0 aliphatic heterocycles. The lowest BCUT2D eigenvalue weighted by Gasteiger charge is -2.18. The molecule has 1 aromatic heterocycles. The fraction of sp³-hybridized carbons (Fsp3) is 0.333. The maximum atomic E-state index is 13.1. The van der Waals surface area contributed by atoms with Crippen molar-refractivity contribution in [3.63, 3.8) is 0 Å². The molecule has 2 atom stereocenters. The van der Waals surface area contributed by atoms with E-state index in [9.17, 15) is 8.78 Å². The van der Waals surface area contributed by atoms with Crippen molar-refractivity contribution in [3.05, 3.63) is 47.5 Å². The molecule has 0 radical (unpaired) electrons. The Morgan fingerprint density at radius 3 is 2.56 bits per heavy atom. The average Bonchev–Trinajstić information content (AvgIpc) is 2.86. The molecule has 0 aliphatic rings.